The molecule has 0 bridgehead atoms. The summed E-state index contributed by atoms with van der Waals surface area (Å²) in [6.07, 6.45) is 0. The quantitative estimate of drug-likeness (QED) is 0.818. The molecule has 0 fully saturated rings. The van der Waals surface area contributed by atoms with E-state index in [1.54, 1.807) is 20.8 Å². The molecule has 0 saturated heterocycles. The molecule has 4 nitrogen and oxygen atoms in total. The lowest BCUT2D eigenvalue weighted by molar-refractivity contribution is 0.544. The lowest BCUT2D eigenvalue weighted by Crippen LogP contribution is -2.38. The van der Waals surface area contributed by atoms with Crippen LogP contribution in [0.2, 0.25) is 0 Å². The summed E-state index contributed by atoms with van der Waals surface area (Å²) in [7, 11) is -3.33. The van der Waals surface area contributed by atoms with Crippen LogP contribution in [0.25, 0.3) is 0 Å². The van der Waals surface area contributed by atoms with Gasteiger partial charge < -0.3 is 5.73 Å². The van der Waals surface area contributed by atoms with Gasteiger partial charge in [0.2, 0.25) is 10.0 Å². The highest BCUT2D eigenvalue weighted by Crippen LogP contribution is 2.14. The molecule has 3 N–H and O–H groups in total. The monoisotopic (exact) mass is 280 g/mol. The minimum Gasteiger partial charge on any atom is -0.320 e. The molecule has 104 valence electrons. The second-order valence-electron chi connectivity index (χ2n) is 5.14. The molecule has 0 heterocycles. The van der Waals surface area contributed by atoms with E-state index in [0.29, 0.717) is 6.54 Å². The standard InChI is InChI=1S/C14H20N2O2S/c1-14(2,3)19(17,18)16-11-13-7-4-6-12(10-13)8-5-9-15/h4,6-7,10,16H,9,11,15H2,1-3H3. The van der Waals surface area contributed by atoms with E-state index in [1.165, 1.54) is 0 Å². The fourth-order valence-corrected chi connectivity index (χ4v) is 2.10. The highest BCUT2D eigenvalue weighted by Gasteiger charge is 2.28. The molecular formula is C14H20N2O2S. The van der Waals surface area contributed by atoms with Gasteiger partial charge in [0, 0.05) is 12.1 Å². The smallest absolute Gasteiger partial charge is 0.216 e. The first-order valence-electron chi connectivity index (χ1n) is 6.03. The van der Waals surface area contributed by atoms with Crippen LogP contribution < -0.4 is 10.5 Å². The predicted octanol–water partition coefficient (Wildman–Crippen LogP) is 1.21. The van der Waals surface area contributed by atoms with Gasteiger partial charge in [-0.05, 0) is 38.5 Å². The molecule has 1 rings (SSSR count). The Morgan fingerprint density at radius 1 is 1.32 bits per heavy atom. The number of hydrogen-bond acceptors (Lipinski definition) is 3. The molecule has 1 aromatic rings. The average molecular weight is 280 g/mol. The lowest BCUT2D eigenvalue weighted by Gasteiger charge is -2.19. The van der Waals surface area contributed by atoms with Crippen molar-refractivity contribution in [2.45, 2.75) is 32.1 Å². The van der Waals surface area contributed by atoms with Crippen LogP contribution in [0, 0.1) is 11.8 Å². The Morgan fingerprint density at radius 3 is 2.58 bits per heavy atom. The van der Waals surface area contributed by atoms with Crippen LogP contribution in [0.15, 0.2) is 24.3 Å². The summed E-state index contributed by atoms with van der Waals surface area (Å²) >= 11 is 0. The number of hydrogen-bond donors (Lipinski definition) is 2. The molecule has 0 saturated carbocycles. The molecule has 0 amide bonds. The Hall–Kier alpha value is -1.35. The first kappa shape index (κ1) is 15.7. The third-order valence-electron chi connectivity index (χ3n) is 2.53. The molecule has 0 spiro atoms. The highest BCUT2D eigenvalue weighted by atomic mass is 32.2. The number of rotatable bonds is 3. The van der Waals surface area contributed by atoms with Crippen LogP contribution in [-0.4, -0.2) is 19.7 Å². The molecule has 0 aliphatic carbocycles. The van der Waals surface area contributed by atoms with Gasteiger partial charge in [-0.25, -0.2) is 13.1 Å². The molecule has 0 aliphatic rings. The van der Waals surface area contributed by atoms with Crippen molar-refractivity contribution in [1.29, 1.82) is 0 Å². The number of nitrogens with two attached hydrogens (primary N) is 1. The van der Waals surface area contributed by atoms with Crippen molar-refractivity contribution >= 4 is 10.0 Å². The minimum absolute atomic E-state index is 0.262. The minimum atomic E-state index is -3.33. The highest BCUT2D eigenvalue weighted by molar-refractivity contribution is 7.90. The summed E-state index contributed by atoms with van der Waals surface area (Å²) in [6.45, 7) is 5.56. The molecule has 1 aromatic carbocycles. The van der Waals surface area contributed by atoms with Crippen molar-refractivity contribution in [3.05, 3.63) is 35.4 Å². The first-order valence-corrected chi connectivity index (χ1v) is 7.52. The molecule has 5 heteroatoms. The van der Waals surface area contributed by atoms with Crippen molar-refractivity contribution in [3.63, 3.8) is 0 Å². The van der Waals surface area contributed by atoms with E-state index in [-0.39, 0.29) is 6.54 Å². The molecule has 0 radical (unpaired) electrons. The van der Waals surface area contributed by atoms with Gasteiger partial charge in [-0.15, -0.1) is 0 Å². The predicted molar refractivity (Wildman–Crippen MR) is 77.9 cm³/mol. The van der Waals surface area contributed by atoms with Crippen molar-refractivity contribution in [3.8, 4) is 11.8 Å². The van der Waals surface area contributed by atoms with Gasteiger partial charge >= 0.3 is 0 Å². The van der Waals surface area contributed by atoms with E-state index in [2.05, 4.69) is 16.6 Å². The second kappa shape index (κ2) is 6.20. The topological polar surface area (TPSA) is 72.2 Å². The number of sulfonamides is 1. The van der Waals surface area contributed by atoms with Crippen LogP contribution in [0.5, 0.6) is 0 Å². The Kier molecular flexibility index (Phi) is 5.12. The van der Waals surface area contributed by atoms with Crippen molar-refractivity contribution in [1.82, 2.24) is 4.72 Å². The Bertz CT molecular complexity index is 590. The van der Waals surface area contributed by atoms with Gasteiger partial charge in [0.15, 0.2) is 0 Å². The third-order valence-corrected chi connectivity index (χ3v) is 4.67. The summed E-state index contributed by atoms with van der Waals surface area (Å²) in [5.41, 5.74) is 7.02. The van der Waals surface area contributed by atoms with E-state index < -0.39 is 14.8 Å². The summed E-state index contributed by atoms with van der Waals surface area (Å²) in [5.74, 6) is 5.69. The van der Waals surface area contributed by atoms with Gasteiger partial charge in [-0.3, -0.25) is 0 Å². The van der Waals surface area contributed by atoms with Gasteiger partial charge in [-0.2, -0.15) is 0 Å². The first-order chi connectivity index (χ1) is 8.76. The van der Waals surface area contributed by atoms with E-state index in [1.807, 2.05) is 24.3 Å². The zero-order valence-corrected chi connectivity index (χ0v) is 12.3. The van der Waals surface area contributed by atoms with E-state index in [4.69, 9.17) is 5.73 Å². The largest absolute Gasteiger partial charge is 0.320 e. The van der Waals surface area contributed by atoms with Gasteiger partial charge in [0.25, 0.3) is 0 Å². The second-order valence-corrected chi connectivity index (χ2v) is 7.66. The summed E-state index contributed by atoms with van der Waals surface area (Å²) in [4.78, 5) is 0. The lowest BCUT2D eigenvalue weighted by atomic mass is 10.1. The van der Waals surface area contributed by atoms with Crippen molar-refractivity contribution in [2.24, 2.45) is 5.73 Å². The van der Waals surface area contributed by atoms with Gasteiger partial charge in [-0.1, -0.05) is 24.0 Å². The van der Waals surface area contributed by atoms with Crippen LogP contribution in [0.4, 0.5) is 0 Å². The van der Waals surface area contributed by atoms with Crippen molar-refractivity contribution < 1.29 is 8.42 Å². The average Bonchev–Trinajstić information content (AvgIpc) is 2.33. The maximum atomic E-state index is 11.9. The fraction of sp³-hybridized carbons (Fsp3) is 0.429. The molecular weight excluding hydrogens is 260 g/mol. The molecule has 0 aliphatic heterocycles. The van der Waals surface area contributed by atoms with Crippen LogP contribution in [0.3, 0.4) is 0 Å². The molecule has 19 heavy (non-hydrogen) atoms. The number of nitrogens with one attached hydrogen (secondary N) is 1. The zero-order valence-electron chi connectivity index (χ0n) is 11.5. The Morgan fingerprint density at radius 2 is 2.00 bits per heavy atom. The zero-order chi connectivity index (χ0) is 14.5. The molecule has 0 aromatic heterocycles. The van der Waals surface area contributed by atoms with Crippen LogP contribution in [0.1, 0.15) is 31.9 Å². The SMILES string of the molecule is CC(C)(C)S(=O)(=O)NCc1cccc(C#CCN)c1. The summed E-state index contributed by atoms with van der Waals surface area (Å²) in [6, 6.07) is 7.43. The molecule has 0 atom stereocenters. The van der Waals surface area contributed by atoms with Crippen molar-refractivity contribution in [2.75, 3.05) is 6.54 Å². The third kappa shape index (κ3) is 4.67. The van der Waals surface area contributed by atoms with E-state index in [9.17, 15) is 8.42 Å². The van der Waals surface area contributed by atoms with Gasteiger partial charge in [0.1, 0.15) is 0 Å². The van der Waals surface area contributed by atoms with Crippen LogP contribution in [-0.2, 0) is 16.6 Å². The molecule has 0 unspecified atom stereocenters. The van der Waals surface area contributed by atoms with E-state index in [0.717, 1.165) is 11.1 Å². The normalized spacial score (nSPS) is 11.8. The van der Waals surface area contributed by atoms with Crippen LogP contribution >= 0.6 is 0 Å². The van der Waals surface area contributed by atoms with Gasteiger partial charge in [0.05, 0.1) is 11.3 Å². The summed E-state index contributed by atoms with van der Waals surface area (Å²) in [5, 5.41) is 0. The number of benzene rings is 1. The Labute approximate surface area is 115 Å². The Balaban J connectivity index is 2.80. The summed E-state index contributed by atoms with van der Waals surface area (Å²) < 4.78 is 25.6. The maximum absolute atomic E-state index is 11.9. The van der Waals surface area contributed by atoms with E-state index >= 15 is 0 Å². The maximum Gasteiger partial charge on any atom is 0.216 e. The fourth-order valence-electron chi connectivity index (χ4n) is 1.31.